The van der Waals surface area contributed by atoms with Gasteiger partial charge < -0.3 is 10.8 Å². The fourth-order valence-corrected chi connectivity index (χ4v) is 1.28. The first kappa shape index (κ1) is 12.0. The molecule has 3 N–H and O–H groups in total. The van der Waals surface area contributed by atoms with Gasteiger partial charge in [-0.3, -0.25) is 0 Å². The molecule has 5 heteroatoms. The van der Waals surface area contributed by atoms with Crippen molar-refractivity contribution in [2.24, 2.45) is 5.73 Å². The maximum atomic E-state index is 12.5. The van der Waals surface area contributed by atoms with Gasteiger partial charge in [-0.15, -0.1) is 0 Å². The summed E-state index contributed by atoms with van der Waals surface area (Å²) in [7, 11) is 0. The molecule has 0 saturated heterocycles. The summed E-state index contributed by atoms with van der Waals surface area (Å²) in [6.07, 6.45) is -4.38. The normalized spacial score (nSPS) is 14.0. The molecule has 0 unspecified atom stereocenters. The van der Waals surface area contributed by atoms with E-state index in [1.54, 1.807) is 0 Å². The van der Waals surface area contributed by atoms with Gasteiger partial charge in [-0.25, -0.2) is 0 Å². The van der Waals surface area contributed by atoms with Crippen molar-refractivity contribution in [1.29, 1.82) is 0 Å². The van der Waals surface area contributed by atoms with E-state index in [4.69, 9.17) is 10.8 Å². The fourth-order valence-electron chi connectivity index (χ4n) is 1.28. The number of rotatable bonds is 2. The maximum absolute atomic E-state index is 12.5. The number of nitrogens with two attached hydrogens (primary N) is 1. The molecule has 1 rings (SSSR count). The first-order valence-corrected chi connectivity index (χ1v) is 4.40. The standard InChI is InChI=1S/C10H12F3NO/c1-6-2-3-7(9(14)5-15)4-8(6)10(11,12)13/h2-4,9,15H,5,14H2,1H3/t9-/m0/s1. The van der Waals surface area contributed by atoms with Gasteiger partial charge in [0.25, 0.3) is 0 Å². The van der Waals surface area contributed by atoms with E-state index in [0.29, 0.717) is 0 Å². The number of aryl methyl sites for hydroxylation is 1. The summed E-state index contributed by atoms with van der Waals surface area (Å²) in [5.41, 5.74) is 5.17. The van der Waals surface area contributed by atoms with Crippen molar-refractivity contribution in [2.45, 2.75) is 19.1 Å². The molecule has 0 aromatic heterocycles. The van der Waals surface area contributed by atoms with Gasteiger partial charge in [0.05, 0.1) is 18.2 Å². The predicted molar refractivity (Wildman–Crippen MR) is 50.2 cm³/mol. The van der Waals surface area contributed by atoms with Crippen molar-refractivity contribution in [3.05, 3.63) is 34.9 Å². The SMILES string of the molecule is Cc1ccc([C@@H](N)CO)cc1C(F)(F)F. The monoisotopic (exact) mass is 219 g/mol. The lowest BCUT2D eigenvalue weighted by Gasteiger charge is -2.14. The molecule has 0 heterocycles. The number of halogens is 3. The molecule has 1 atom stereocenters. The third-order valence-electron chi connectivity index (χ3n) is 2.19. The van der Waals surface area contributed by atoms with Gasteiger partial charge >= 0.3 is 6.18 Å². The zero-order chi connectivity index (χ0) is 11.6. The molecule has 1 aromatic rings. The lowest BCUT2D eigenvalue weighted by Crippen LogP contribution is -2.16. The van der Waals surface area contributed by atoms with Gasteiger partial charge in [-0.05, 0) is 24.1 Å². The first-order valence-electron chi connectivity index (χ1n) is 4.40. The molecular weight excluding hydrogens is 207 g/mol. The lowest BCUT2D eigenvalue weighted by molar-refractivity contribution is -0.138. The van der Waals surface area contributed by atoms with Crippen LogP contribution in [0.2, 0.25) is 0 Å². The Morgan fingerprint density at radius 3 is 2.47 bits per heavy atom. The molecule has 0 fully saturated rings. The molecule has 0 aliphatic rings. The molecule has 0 spiro atoms. The number of benzene rings is 1. The van der Waals surface area contributed by atoms with Gasteiger partial charge in [-0.1, -0.05) is 12.1 Å². The summed E-state index contributed by atoms with van der Waals surface area (Å²) in [6.45, 7) is 1.01. The van der Waals surface area contributed by atoms with Gasteiger partial charge in [0.15, 0.2) is 0 Å². The third kappa shape index (κ3) is 2.70. The Labute approximate surface area is 85.5 Å². The van der Waals surface area contributed by atoms with Crippen LogP contribution in [-0.2, 0) is 6.18 Å². The second-order valence-corrected chi connectivity index (χ2v) is 3.36. The van der Waals surface area contributed by atoms with Crippen molar-refractivity contribution in [2.75, 3.05) is 6.61 Å². The molecule has 2 nitrogen and oxygen atoms in total. The van der Waals surface area contributed by atoms with Crippen LogP contribution in [0.4, 0.5) is 13.2 Å². The highest BCUT2D eigenvalue weighted by Crippen LogP contribution is 2.33. The Morgan fingerprint density at radius 2 is 2.00 bits per heavy atom. The Morgan fingerprint density at radius 1 is 1.40 bits per heavy atom. The van der Waals surface area contributed by atoms with E-state index < -0.39 is 17.8 Å². The number of aliphatic hydroxyl groups excluding tert-OH is 1. The van der Waals surface area contributed by atoms with E-state index in [9.17, 15) is 13.2 Å². The lowest BCUT2D eigenvalue weighted by atomic mass is 10.0. The largest absolute Gasteiger partial charge is 0.416 e. The Hall–Kier alpha value is -1.07. The molecule has 15 heavy (non-hydrogen) atoms. The summed E-state index contributed by atoms with van der Waals surface area (Å²) < 4.78 is 37.5. The zero-order valence-electron chi connectivity index (χ0n) is 8.17. The summed E-state index contributed by atoms with van der Waals surface area (Å²) in [4.78, 5) is 0. The molecule has 0 radical (unpaired) electrons. The molecule has 0 aliphatic heterocycles. The van der Waals surface area contributed by atoms with Crippen LogP contribution in [0.25, 0.3) is 0 Å². The average Bonchev–Trinajstić information content (AvgIpc) is 2.15. The second kappa shape index (κ2) is 4.20. The van der Waals surface area contributed by atoms with E-state index >= 15 is 0 Å². The quantitative estimate of drug-likeness (QED) is 0.799. The van der Waals surface area contributed by atoms with Crippen LogP contribution in [0.1, 0.15) is 22.7 Å². The highest BCUT2D eigenvalue weighted by Gasteiger charge is 2.32. The third-order valence-corrected chi connectivity index (χ3v) is 2.19. The maximum Gasteiger partial charge on any atom is 0.416 e. The Kier molecular flexibility index (Phi) is 3.36. The minimum absolute atomic E-state index is 0.149. The minimum Gasteiger partial charge on any atom is -0.394 e. The molecule has 1 aromatic carbocycles. The number of alkyl halides is 3. The van der Waals surface area contributed by atoms with Gasteiger partial charge in [-0.2, -0.15) is 13.2 Å². The van der Waals surface area contributed by atoms with Crippen LogP contribution in [0.15, 0.2) is 18.2 Å². The van der Waals surface area contributed by atoms with E-state index in [0.717, 1.165) is 6.07 Å². The summed E-state index contributed by atoms with van der Waals surface area (Å²) in [5.74, 6) is 0. The van der Waals surface area contributed by atoms with Gasteiger partial charge in [0, 0.05) is 0 Å². The molecular formula is C10H12F3NO. The van der Waals surface area contributed by atoms with Crippen molar-refractivity contribution in [3.8, 4) is 0 Å². The average molecular weight is 219 g/mol. The van der Waals surface area contributed by atoms with Crippen LogP contribution in [-0.4, -0.2) is 11.7 Å². The topological polar surface area (TPSA) is 46.2 Å². The first-order chi connectivity index (χ1) is 6.86. The minimum atomic E-state index is -4.38. The summed E-state index contributed by atoms with van der Waals surface area (Å²) in [6, 6.07) is 3.06. The van der Waals surface area contributed by atoms with Crippen molar-refractivity contribution >= 4 is 0 Å². The van der Waals surface area contributed by atoms with Crippen LogP contribution in [0.3, 0.4) is 0 Å². The fraction of sp³-hybridized carbons (Fsp3) is 0.400. The molecule has 84 valence electrons. The predicted octanol–water partition coefficient (Wildman–Crippen LogP) is 2.01. The number of hydrogen-bond acceptors (Lipinski definition) is 2. The highest BCUT2D eigenvalue weighted by atomic mass is 19.4. The number of aliphatic hydroxyl groups is 1. The molecule has 0 bridgehead atoms. The van der Waals surface area contributed by atoms with Crippen LogP contribution >= 0.6 is 0 Å². The van der Waals surface area contributed by atoms with Gasteiger partial charge in [0.2, 0.25) is 0 Å². The highest BCUT2D eigenvalue weighted by molar-refractivity contribution is 5.34. The van der Waals surface area contributed by atoms with Crippen LogP contribution in [0.5, 0.6) is 0 Å². The number of hydrogen-bond donors (Lipinski definition) is 2. The van der Waals surface area contributed by atoms with E-state index in [2.05, 4.69) is 0 Å². The smallest absolute Gasteiger partial charge is 0.394 e. The summed E-state index contributed by atoms with van der Waals surface area (Å²) in [5, 5.41) is 8.74. The molecule has 0 saturated carbocycles. The second-order valence-electron chi connectivity index (χ2n) is 3.36. The molecule has 0 aliphatic carbocycles. The van der Waals surface area contributed by atoms with E-state index in [1.807, 2.05) is 0 Å². The van der Waals surface area contributed by atoms with Crippen molar-refractivity contribution < 1.29 is 18.3 Å². The van der Waals surface area contributed by atoms with E-state index in [1.165, 1.54) is 19.1 Å². The van der Waals surface area contributed by atoms with Crippen LogP contribution < -0.4 is 5.73 Å². The van der Waals surface area contributed by atoms with E-state index in [-0.39, 0.29) is 17.7 Å². The summed E-state index contributed by atoms with van der Waals surface area (Å²) >= 11 is 0. The zero-order valence-corrected chi connectivity index (χ0v) is 8.17. The Bertz CT molecular complexity index is 349. The van der Waals surface area contributed by atoms with Crippen LogP contribution in [0, 0.1) is 6.92 Å². The van der Waals surface area contributed by atoms with Crippen molar-refractivity contribution in [3.63, 3.8) is 0 Å². The van der Waals surface area contributed by atoms with Crippen molar-refractivity contribution in [1.82, 2.24) is 0 Å². The Balaban J connectivity index is 3.17. The molecule has 0 amide bonds. The van der Waals surface area contributed by atoms with Gasteiger partial charge in [0.1, 0.15) is 0 Å².